The van der Waals surface area contributed by atoms with Crippen LogP contribution in [0.5, 0.6) is 5.75 Å². The van der Waals surface area contributed by atoms with Gasteiger partial charge in [0.2, 0.25) is 0 Å². The molecule has 0 radical (unpaired) electrons. The third kappa shape index (κ3) is 3.67. The van der Waals surface area contributed by atoms with Crippen LogP contribution in [-0.4, -0.2) is 48.4 Å². The summed E-state index contributed by atoms with van der Waals surface area (Å²) in [7, 11) is -4.53. The fourth-order valence-corrected chi connectivity index (χ4v) is 1.07. The molecule has 72 valence electrons. The molecule has 0 saturated heterocycles. The van der Waals surface area contributed by atoms with Gasteiger partial charge in [-0.3, -0.25) is 0 Å². The summed E-state index contributed by atoms with van der Waals surface area (Å²) in [5.74, 6) is -0.0232. The molecule has 0 spiro atoms. The van der Waals surface area contributed by atoms with Gasteiger partial charge in [-0.15, -0.1) is 0 Å². The summed E-state index contributed by atoms with van der Waals surface area (Å²) in [5, 5.41) is 6.19. The molecule has 0 atom stereocenters. The average molecular weight is 226 g/mol. The number of hydrogen-bond donors (Lipinski definition) is 1. The second kappa shape index (κ2) is 5.35. The Balaban J connectivity index is 0.00000169. The van der Waals surface area contributed by atoms with Crippen LogP contribution in [0, 0.1) is 0 Å². The van der Waals surface area contributed by atoms with Gasteiger partial charge in [-0.1, -0.05) is 18.2 Å². The topological polar surface area (TPSA) is 80.7 Å². The third-order valence-corrected chi connectivity index (χ3v) is 2.00. The van der Waals surface area contributed by atoms with Crippen molar-refractivity contribution in [3.05, 3.63) is 30.3 Å². The zero-order valence-electron chi connectivity index (χ0n) is 6.38. The first-order valence-electron chi connectivity index (χ1n) is 3.25. The van der Waals surface area contributed by atoms with E-state index >= 15 is 0 Å². The molecule has 0 fully saturated rings. The van der Waals surface area contributed by atoms with E-state index < -0.39 is 15.4 Å². The van der Waals surface area contributed by atoms with Crippen LogP contribution >= 0.6 is 0 Å². The van der Waals surface area contributed by atoms with Crippen molar-refractivity contribution in [1.82, 2.24) is 0 Å². The van der Waals surface area contributed by atoms with Crippen LogP contribution in [0.1, 0.15) is 0 Å². The van der Waals surface area contributed by atoms with E-state index in [1.54, 1.807) is 6.07 Å². The van der Waals surface area contributed by atoms with Gasteiger partial charge >= 0.3 is 45.0 Å². The molecule has 0 aliphatic heterocycles. The van der Waals surface area contributed by atoms with Crippen molar-refractivity contribution in [2.45, 2.75) is 0 Å². The quantitative estimate of drug-likeness (QED) is 0.584. The van der Waals surface area contributed by atoms with Crippen LogP contribution in [0.25, 0.3) is 0 Å². The van der Waals surface area contributed by atoms with E-state index in [0.29, 0.717) is 0 Å². The van der Waals surface area contributed by atoms with Crippen molar-refractivity contribution in [1.29, 1.82) is 0 Å². The Morgan fingerprint density at radius 2 is 1.71 bits per heavy atom. The van der Waals surface area contributed by atoms with Crippen molar-refractivity contribution in [3.63, 3.8) is 0 Å². The van der Waals surface area contributed by atoms with E-state index in [2.05, 4.69) is 4.18 Å². The normalized spacial score (nSPS) is 10.0. The Morgan fingerprint density at radius 3 is 2.14 bits per heavy atom. The summed E-state index contributed by atoms with van der Waals surface area (Å²) >= 11 is 0. The Morgan fingerprint density at radius 1 is 1.21 bits per heavy atom. The molecule has 0 aliphatic carbocycles. The molecule has 14 heavy (non-hydrogen) atoms. The summed E-state index contributed by atoms with van der Waals surface area (Å²) in [4.78, 5) is 10.1. The second-order valence-electron chi connectivity index (χ2n) is 2.12. The fraction of sp³-hybridized carbons (Fsp3) is 0. The third-order valence-electron chi connectivity index (χ3n) is 1.16. The predicted octanol–water partition coefficient (Wildman–Crippen LogP) is 0.425. The van der Waals surface area contributed by atoms with Gasteiger partial charge in [0.15, 0.2) is 0 Å². The zero-order valence-corrected chi connectivity index (χ0v) is 7.19. The van der Waals surface area contributed by atoms with Crippen LogP contribution < -0.4 is 4.18 Å². The minimum atomic E-state index is -4.53. The number of hydrogen-bond acceptors (Lipinski definition) is 4. The molecule has 0 aliphatic rings. The average Bonchev–Trinajstić information content (AvgIpc) is 2.05. The SMILES string of the molecule is O=C(O)S(=O)(=O)Oc1ccccc1.[NaH]. The van der Waals surface area contributed by atoms with E-state index in [4.69, 9.17) is 5.11 Å². The molecule has 1 N–H and O–H groups in total. The molecule has 7 heteroatoms. The number of para-hydroxylation sites is 1. The van der Waals surface area contributed by atoms with Gasteiger partial charge in [0.05, 0.1) is 0 Å². The van der Waals surface area contributed by atoms with Gasteiger partial charge in [0.25, 0.3) is 0 Å². The molecular weight excluding hydrogens is 219 g/mol. The van der Waals surface area contributed by atoms with Crippen LogP contribution in [0.3, 0.4) is 0 Å². The summed E-state index contributed by atoms with van der Waals surface area (Å²) in [6, 6.07) is 7.42. The van der Waals surface area contributed by atoms with Gasteiger partial charge in [-0.25, -0.2) is 4.79 Å². The molecule has 5 nitrogen and oxygen atoms in total. The van der Waals surface area contributed by atoms with Crippen LogP contribution in [-0.2, 0) is 10.1 Å². The minimum absolute atomic E-state index is 0. The van der Waals surface area contributed by atoms with Crippen LogP contribution in [0.2, 0.25) is 0 Å². The fourth-order valence-electron chi connectivity index (χ4n) is 0.638. The molecule has 0 aromatic heterocycles. The second-order valence-corrected chi connectivity index (χ2v) is 3.54. The van der Waals surface area contributed by atoms with E-state index in [9.17, 15) is 13.2 Å². The molecule has 1 aromatic carbocycles. The van der Waals surface area contributed by atoms with Crippen LogP contribution in [0.15, 0.2) is 30.3 Å². The molecule has 0 amide bonds. The predicted molar refractivity (Wildman–Crippen MR) is 51.2 cm³/mol. The van der Waals surface area contributed by atoms with Crippen LogP contribution in [0.4, 0.5) is 4.79 Å². The van der Waals surface area contributed by atoms with Gasteiger partial charge in [0.1, 0.15) is 5.75 Å². The number of benzene rings is 1. The van der Waals surface area contributed by atoms with Crippen molar-refractivity contribution in [2.24, 2.45) is 0 Å². The van der Waals surface area contributed by atoms with E-state index in [0.717, 1.165) is 0 Å². The molecule has 1 rings (SSSR count). The molecular formula is C7H7NaO5S. The van der Waals surface area contributed by atoms with E-state index in [-0.39, 0.29) is 35.3 Å². The molecule has 0 bridgehead atoms. The van der Waals surface area contributed by atoms with Crippen molar-refractivity contribution >= 4 is 45.0 Å². The van der Waals surface area contributed by atoms with E-state index in [1.165, 1.54) is 24.3 Å². The molecule has 1 aromatic rings. The maximum absolute atomic E-state index is 10.7. The molecule has 0 unspecified atom stereocenters. The summed E-state index contributed by atoms with van der Waals surface area (Å²) in [5.41, 5.74) is 0. The number of carbonyl (C=O) groups is 1. The Bertz CT molecular complexity index is 399. The maximum atomic E-state index is 10.7. The first-order chi connectivity index (χ1) is 6.02. The molecule has 0 saturated carbocycles. The van der Waals surface area contributed by atoms with E-state index in [1.807, 2.05) is 0 Å². The van der Waals surface area contributed by atoms with Gasteiger partial charge in [-0.05, 0) is 12.1 Å². The van der Waals surface area contributed by atoms with Crippen molar-refractivity contribution in [2.75, 3.05) is 0 Å². The first-order valence-corrected chi connectivity index (χ1v) is 4.65. The summed E-state index contributed by atoms with van der Waals surface area (Å²) in [6.45, 7) is 0. The van der Waals surface area contributed by atoms with Gasteiger partial charge in [-0.2, -0.15) is 8.42 Å². The van der Waals surface area contributed by atoms with Crippen molar-refractivity contribution < 1.29 is 22.5 Å². The summed E-state index contributed by atoms with van der Waals surface area (Å²) < 4.78 is 25.6. The van der Waals surface area contributed by atoms with Crippen molar-refractivity contribution in [3.8, 4) is 5.75 Å². The number of rotatable bonds is 2. The number of carboxylic acid groups (broad SMARTS) is 1. The Hall–Kier alpha value is -0.560. The van der Waals surface area contributed by atoms with Gasteiger partial charge in [0, 0.05) is 0 Å². The summed E-state index contributed by atoms with van der Waals surface area (Å²) in [6.07, 6.45) is 0. The Labute approximate surface area is 103 Å². The zero-order chi connectivity index (χ0) is 9.90. The Kier molecular flexibility index (Phi) is 5.14. The van der Waals surface area contributed by atoms with Gasteiger partial charge < -0.3 is 9.29 Å². The monoisotopic (exact) mass is 226 g/mol. The first kappa shape index (κ1) is 13.4. The standard InChI is InChI=1S/C7H6O5S.Na.H/c8-7(9)13(10,11)12-6-4-2-1-3-5-6;;/h1-5H,(H,8,9);;. The molecule has 0 heterocycles.